The molecule has 2 N–H and O–H groups in total. The van der Waals surface area contributed by atoms with Crippen molar-refractivity contribution in [3.05, 3.63) is 53.3 Å². The quantitative estimate of drug-likeness (QED) is 0.868. The highest BCUT2D eigenvalue weighted by Crippen LogP contribution is 2.22. The summed E-state index contributed by atoms with van der Waals surface area (Å²) >= 11 is 0. The molecule has 0 spiro atoms. The minimum absolute atomic E-state index is 0.251. The van der Waals surface area contributed by atoms with Gasteiger partial charge in [0.05, 0.1) is 23.1 Å². The molecule has 0 saturated heterocycles. The van der Waals surface area contributed by atoms with Crippen LogP contribution in [-0.4, -0.2) is 16.1 Å². The predicted molar refractivity (Wildman–Crippen MR) is 70.4 cm³/mol. The van der Waals surface area contributed by atoms with Crippen LogP contribution in [0.4, 0.5) is 11.4 Å². The molecule has 0 amide bonds. The lowest BCUT2D eigenvalue weighted by Gasteiger charge is -2.10. The van der Waals surface area contributed by atoms with Crippen molar-refractivity contribution in [3.8, 4) is 0 Å². The van der Waals surface area contributed by atoms with Gasteiger partial charge in [-0.3, -0.25) is 4.98 Å². The van der Waals surface area contributed by atoms with Gasteiger partial charge in [0.15, 0.2) is 0 Å². The number of pyridine rings is 1. The van der Waals surface area contributed by atoms with Crippen molar-refractivity contribution in [1.82, 2.24) is 4.98 Å². The molecule has 18 heavy (non-hydrogen) atoms. The monoisotopic (exact) mass is 242 g/mol. The van der Waals surface area contributed by atoms with Crippen molar-refractivity contribution >= 4 is 17.3 Å². The Morgan fingerprint density at radius 1 is 1.22 bits per heavy atom. The fraction of sp³-hybridized carbons (Fsp3) is 0.143. The summed E-state index contributed by atoms with van der Waals surface area (Å²) in [7, 11) is 0. The van der Waals surface area contributed by atoms with E-state index in [0.717, 1.165) is 16.9 Å². The maximum absolute atomic E-state index is 11.1. The molecule has 2 aromatic rings. The van der Waals surface area contributed by atoms with E-state index in [4.69, 9.17) is 5.11 Å². The molecule has 0 fully saturated rings. The molecule has 1 aromatic heterocycles. The van der Waals surface area contributed by atoms with Crippen molar-refractivity contribution in [2.45, 2.75) is 13.8 Å². The van der Waals surface area contributed by atoms with E-state index < -0.39 is 5.97 Å². The number of aromatic nitrogens is 1. The number of rotatable bonds is 3. The van der Waals surface area contributed by atoms with Gasteiger partial charge in [-0.15, -0.1) is 0 Å². The number of hydrogen-bond acceptors (Lipinski definition) is 3. The highest BCUT2D eigenvalue weighted by molar-refractivity contribution is 5.95. The number of benzene rings is 1. The van der Waals surface area contributed by atoms with E-state index in [9.17, 15) is 4.79 Å². The molecule has 1 heterocycles. The van der Waals surface area contributed by atoms with Crippen molar-refractivity contribution < 1.29 is 9.90 Å². The molecule has 92 valence electrons. The number of carboxylic acid groups (broad SMARTS) is 1. The first-order chi connectivity index (χ1) is 8.56. The molecule has 0 bridgehead atoms. The van der Waals surface area contributed by atoms with Crippen LogP contribution in [0, 0.1) is 13.8 Å². The third-order valence-electron chi connectivity index (χ3n) is 2.60. The minimum atomic E-state index is -0.947. The highest BCUT2D eigenvalue weighted by atomic mass is 16.4. The number of anilines is 2. The normalized spacial score (nSPS) is 10.1. The van der Waals surface area contributed by atoms with Gasteiger partial charge < -0.3 is 10.4 Å². The molecule has 0 aliphatic heterocycles. The van der Waals surface area contributed by atoms with Crippen molar-refractivity contribution in [1.29, 1.82) is 0 Å². The van der Waals surface area contributed by atoms with Gasteiger partial charge in [-0.1, -0.05) is 6.07 Å². The van der Waals surface area contributed by atoms with Crippen molar-refractivity contribution in [3.63, 3.8) is 0 Å². The smallest absolute Gasteiger partial charge is 0.337 e. The van der Waals surface area contributed by atoms with E-state index in [0.29, 0.717) is 5.69 Å². The van der Waals surface area contributed by atoms with E-state index in [1.807, 2.05) is 32.0 Å². The van der Waals surface area contributed by atoms with Crippen LogP contribution in [0.1, 0.15) is 21.6 Å². The average molecular weight is 242 g/mol. The Balaban J connectivity index is 2.35. The SMILES string of the molecule is Cc1ccc(C(=O)O)c(Nc2ccc(C)nc2)c1. The fourth-order valence-corrected chi connectivity index (χ4v) is 1.65. The molecule has 1 aromatic carbocycles. The highest BCUT2D eigenvalue weighted by Gasteiger charge is 2.10. The summed E-state index contributed by atoms with van der Waals surface area (Å²) < 4.78 is 0. The zero-order valence-corrected chi connectivity index (χ0v) is 10.3. The van der Waals surface area contributed by atoms with E-state index in [2.05, 4.69) is 10.3 Å². The van der Waals surface area contributed by atoms with Crippen LogP contribution in [0.25, 0.3) is 0 Å². The van der Waals surface area contributed by atoms with E-state index in [1.54, 1.807) is 18.3 Å². The minimum Gasteiger partial charge on any atom is -0.478 e. The summed E-state index contributed by atoms with van der Waals surface area (Å²) in [5.41, 5.74) is 3.52. The molecule has 0 aliphatic rings. The third-order valence-corrected chi connectivity index (χ3v) is 2.60. The summed E-state index contributed by atoms with van der Waals surface area (Å²) in [4.78, 5) is 15.3. The van der Waals surface area contributed by atoms with E-state index in [1.165, 1.54) is 0 Å². The molecule has 0 radical (unpaired) electrons. The Morgan fingerprint density at radius 2 is 2.00 bits per heavy atom. The van der Waals surface area contributed by atoms with Crippen LogP contribution >= 0.6 is 0 Å². The number of nitrogens with zero attached hydrogens (tertiary/aromatic N) is 1. The van der Waals surface area contributed by atoms with E-state index in [-0.39, 0.29) is 5.56 Å². The first-order valence-corrected chi connectivity index (χ1v) is 5.60. The van der Waals surface area contributed by atoms with Crippen molar-refractivity contribution in [2.24, 2.45) is 0 Å². The number of carboxylic acids is 1. The molecule has 0 aliphatic carbocycles. The maximum atomic E-state index is 11.1. The second-order valence-corrected chi connectivity index (χ2v) is 4.17. The Morgan fingerprint density at radius 3 is 2.61 bits per heavy atom. The van der Waals surface area contributed by atoms with Crippen LogP contribution < -0.4 is 5.32 Å². The molecule has 0 unspecified atom stereocenters. The lowest BCUT2D eigenvalue weighted by atomic mass is 10.1. The Bertz CT molecular complexity index is 577. The molecule has 4 nitrogen and oxygen atoms in total. The summed E-state index contributed by atoms with van der Waals surface area (Å²) in [6.07, 6.45) is 1.68. The molecular formula is C14H14N2O2. The molecule has 0 atom stereocenters. The zero-order chi connectivity index (χ0) is 13.1. The van der Waals surface area contributed by atoms with Crippen LogP contribution in [0.3, 0.4) is 0 Å². The van der Waals surface area contributed by atoms with Gasteiger partial charge in [-0.05, 0) is 43.7 Å². The maximum Gasteiger partial charge on any atom is 0.337 e. The number of nitrogens with one attached hydrogen (secondary N) is 1. The summed E-state index contributed by atoms with van der Waals surface area (Å²) in [6.45, 7) is 3.82. The van der Waals surface area contributed by atoms with E-state index >= 15 is 0 Å². The fourth-order valence-electron chi connectivity index (χ4n) is 1.65. The van der Waals surface area contributed by atoms with Crippen LogP contribution in [-0.2, 0) is 0 Å². The van der Waals surface area contributed by atoms with Gasteiger partial charge in [0.25, 0.3) is 0 Å². The van der Waals surface area contributed by atoms with Gasteiger partial charge >= 0.3 is 5.97 Å². The number of aromatic carboxylic acids is 1. The lowest BCUT2D eigenvalue weighted by molar-refractivity contribution is 0.0698. The number of carbonyl (C=O) groups is 1. The number of hydrogen-bond donors (Lipinski definition) is 2. The first kappa shape index (κ1) is 12.1. The molecule has 2 rings (SSSR count). The number of aryl methyl sites for hydroxylation is 2. The summed E-state index contributed by atoms with van der Waals surface area (Å²) in [5, 5.41) is 12.2. The Hall–Kier alpha value is -2.36. The van der Waals surface area contributed by atoms with Crippen LogP contribution in [0.5, 0.6) is 0 Å². The largest absolute Gasteiger partial charge is 0.478 e. The standard InChI is InChI=1S/C14H14N2O2/c1-9-3-6-12(14(17)18)13(7-9)16-11-5-4-10(2)15-8-11/h3-8,16H,1-2H3,(H,17,18). The molecular weight excluding hydrogens is 228 g/mol. The van der Waals surface area contributed by atoms with Crippen LogP contribution in [0.2, 0.25) is 0 Å². The Labute approximate surface area is 105 Å². The Kier molecular flexibility index (Phi) is 3.28. The zero-order valence-electron chi connectivity index (χ0n) is 10.3. The van der Waals surface area contributed by atoms with Gasteiger partial charge in [0.2, 0.25) is 0 Å². The molecule has 0 saturated carbocycles. The van der Waals surface area contributed by atoms with Gasteiger partial charge in [0, 0.05) is 5.69 Å². The van der Waals surface area contributed by atoms with Gasteiger partial charge in [-0.25, -0.2) is 4.79 Å². The van der Waals surface area contributed by atoms with Gasteiger partial charge in [0.1, 0.15) is 0 Å². The average Bonchev–Trinajstić information content (AvgIpc) is 2.32. The second-order valence-electron chi connectivity index (χ2n) is 4.17. The summed E-state index contributed by atoms with van der Waals surface area (Å²) in [6, 6.07) is 8.93. The first-order valence-electron chi connectivity index (χ1n) is 5.60. The molecule has 4 heteroatoms. The summed E-state index contributed by atoms with van der Waals surface area (Å²) in [5.74, 6) is -0.947. The lowest BCUT2D eigenvalue weighted by Crippen LogP contribution is -2.03. The topological polar surface area (TPSA) is 62.2 Å². The van der Waals surface area contributed by atoms with Gasteiger partial charge in [-0.2, -0.15) is 0 Å². The van der Waals surface area contributed by atoms with Crippen LogP contribution in [0.15, 0.2) is 36.5 Å². The van der Waals surface area contributed by atoms with Crippen molar-refractivity contribution in [2.75, 3.05) is 5.32 Å². The predicted octanol–water partition coefficient (Wildman–Crippen LogP) is 3.14. The third kappa shape index (κ3) is 2.66. The second kappa shape index (κ2) is 4.87.